The molecule has 1 saturated carbocycles. The lowest BCUT2D eigenvalue weighted by Crippen LogP contribution is -2.13. The second-order valence-electron chi connectivity index (χ2n) is 4.61. The molecular weight excluding hydrogens is 236 g/mol. The average Bonchev–Trinajstić information content (AvgIpc) is 2.32. The van der Waals surface area contributed by atoms with E-state index in [2.05, 4.69) is 0 Å². The van der Waals surface area contributed by atoms with Crippen molar-refractivity contribution in [1.82, 2.24) is 0 Å². The maximum atomic E-state index is 6.49. The highest BCUT2D eigenvalue weighted by atomic mass is 35.5. The molecule has 0 N–H and O–H groups in total. The number of benzene rings is 1. The molecule has 1 aromatic rings. The second-order valence-corrected chi connectivity index (χ2v) is 5.13. The first-order valence-electron chi connectivity index (χ1n) is 6.10. The zero-order chi connectivity index (χ0) is 12.3. The van der Waals surface area contributed by atoms with E-state index in [1.54, 1.807) is 14.2 Å². The zero-order valence-corrected chi connectivity index (χ0v) is 11.2. The molecule has 1 unspecified atom stereocenters. The van der Waals surface area contributed by atoms with Gasteiger partial charge in [-0.2, -0.15) is 0 Å². The van der Waals surface area contributed by atoms with E-state index in [1.165, 1.54) is 19.3 Å². The van der Waals surface area contributed by atoms with E-state index in [0.717, 1.165) is 29.4 Å². The lowest BCUT2D eigenvalue weighted by Gasteiger charge is -2.28. The summed E-state index contributed by atoms with van der Waals surface area (Å²) in [4.78, 5) is 0. The van der Waals surface area contributed by atoms with Crippen molar-refractivity contribution >= 4 is 11.6 Å². The summed E-state index contributed by atoms with van der Waals surface area (Å²) >= 11 is 6.49. The number of alkyl halides is 1. The van der Waals surface area contributed by atoms with Crippen LogP contribution in [-0.2, 0) is 0 Å². The minimum Gasteiger partial charge on any atom is -0.497 e. The third kappa shape index (κ3) is 2.86. The molecule has 1 aliphatic carbocycles. The Morgan fingerprint density at radius 3 is 2.59 bits per heavy atom. The summed E-state index contributed by atoms with van der Waals surface area (Å²) in [6.07, 6.45) is 5.01. The predicted octanol–water partition coefficient (Wildman–Crippen LogP) is 4.17. The molecule has 0 aromatic heterocycles. The third-order valence-corrected chi connectivity index (χ3v) is 3.95. The summed E-state index contributed by atoms with van der Waals surface area (Å²) in [5, 5.41) is 0.0188. The smallest absolute Gasteiger partial charge is 0.123 e. The molecule has 1 aromatic carbocycles. The molecule has 0 radical (unpaired) electrons. The highest BCUT2D eigenvalue weighted by molar-refractivity contribution is 6.21. The van der Waals surface area contributed by atoms with Gasteiger partial charge in [0.05, 0.1) is 19.6 Å². The molecule has 0 amide bonds. The van der Waals surface area contributed by atoms with Crippen LogP contribution in [0.2, 0.25) is 0 Å². The van der Waals surface area contributed by atoms with Gasteiger partial charge in [-0.15, -0.1) is 11.6 Å². The van der Waals surface area contributed by atoms with Crippen molar-refractivity contribution in [2.75, 3.05) is 14.2 Å². The maximum absolute atomic E-state index is 6.49. The molecule has 2 rings (SSSR count). The summed E-state index contributed by atoms with van der Waals surface area (Å²) < 4.78 is 10.6. The molecule has 0 bridgehead atoms. The molecule has 1 fully saturated rings. The van der Waals surface area contributed by atoms with Gasteiger partial charge in [0, 0.05) is 5.56 Å². The van der Waals surface area contributed by atoms with Gasteiger partial charge in [0.25, 0.3) is 0 Å². The summed E-state index contributed by atoms with van der Waals surface area (Å²) in [5.41, 5.74) is 1.04. The monoisotopic (exact) mass is 254 g/mol. The van der Waals surface area contributed by atoms with Gasteiger partial charge in [-0.25, -0.2) is 0 Å². The summed E-state index contributed by atoms with van der Waals surface area (Å²) in [6.45, 7) is 0. The fraction of sp³-hybridized carbons (Fsp3) is 0.571. The Hall–Kier alpha value is -0.890. The molecule has 0 saturated heterocycles. The first-order valence-corrected chi connectivity index (χ1v) is 6.54. The van der Waals surface area contributed by atoms with Crippen molar-refractivity contribution in [2.45, 2.75) is 31.1 Å². The Bertz CT molecular complexity index is 374. The number of ether oxygens (including phenoxy) is 2. The molecule has 17 heavy (non-hydrogen) atoms. The minimum atomic E-state index is 0.0188. The van der Waals surface area contributed by atoms with Crippen LogP contribution in [0.1, 0.15) is 36.6 Å². The number of halogens is 1. The minimum absolute atomic E-state index is 0.0188. The van der Waals surface area contributed by atoms with Crippen LogP contribution in [0.5, 0.6) is 11.5 Å². The van der Waals surface area contributed by atoms with E-state index in [1.807, 2.05) is 18.2 Å². The lowest BCUT2D eigenvalue weighted by atomic mass is 9.81. The summed E-state index contributed by atoms with van der Waals surface area (Å²) in [6, 6.07) is 5.80. The van der Waals surface area contributed by atoms with Crippen molar-refractivity contribution in [3.63, 3.8) is 0 Å². The SMILES string of the molecule is COc1ccc(OC)c(C(Cl)CC2CCC2)c1. The van der Waals surface area contributed by atoms with E-state index in [0.29, 0.717) is 0 Å². The van der Waals surface area contributed by atoms with Gasteiger partial charge in [-0.1, -0.05) is 19.3 Å². The van der Waals surface area contributed by atoms with Gasteiger partial charge >= 0.3 is 0 Å². The van der Waals surface area contributed by atoms with Gasteiger partial charge in [0.15, 0.2) is 0 Å². The lowest BCUT2D eigenvalue weighted by molar-refractivity contribution is 0.291. The van der Waals surface area contributed by atoms with Crippen LogP contribution in [0.4, 0.5) is 0 Å². The summed E-state index contributed by atoms with van der Waals surface area (Å²) in [5.74, 6) is 2.47. The van der Waals surface area contributed by atoms with E-state index in [4.69, 9.17) is 21.1 Å². The van der Waals surface area contributed by atoms with Crippen LogP contribution in [0, 0.1) is 5.92 Å². The Balaban J connectivity index is 2.15. The number of rotatable bonds is 5. The number of hydrogen-bond acceptors (Lipinski definition) is 2. The molecule has 1 aliphatic rings. The average molecular weight is 255 g/mol. The Morgan fingerprint density at radius 2 is 2.06 bits per heavy atom. The van der Waals surface area contributed by atoms with Crippen LogP contribution >= 0.6 is 11.6 Å². The van der Waals surface area contributed by atoms with Gasteiger partial charge in [-0.3, -0.25) is 0 Å². The van der Waals surface area contributed by atoms with Crippen molar-refractivity contribution in [2.24, 2.45) is 5.92 Å². The molecule has 0 aliphatic heterocycles. The van der Waals surface area contributed by atoms with E-state index >= 15 is 0 Å². The number of hydrogen-bond donors (Lipinski definition) is 0. The molecule has 0 heterocycles. The largest absolute Gasteiger partial charge is 0.497 e. The van der Waals surface area contributed by atoms with Crippen molar-refractivity contribution in [3.05, 3.63) is 23.8 Å². The summed E-state index contributed by atoms with van der Waals surface area (Å²) in [7, 11) is 3.35. The van der Waals surface area contributed by atoms with E-state index < -0.39 is 0 Å². The molecule has 2 nitrogen and oxygen atoms in total. The zero-order valence-electron chi connectivity index (χ0n) is 10.4. The molecule has 94 valence electrons. The molecule has 3 heteroatoms. The first kappa shape index (κ1) is 12.6. The van der Waals surface area contributed by atoms with Crippen molar-refractivity contribution in [3.8, 4) is 11.5 Å². The van der Waals surface area contributed by atoms with Crippen LogP contribution in [0.15, 0.2) is 18.2 Å². The van der Waals surface area contributed by atoms with Crippen LogP contribution in [0.25, 0.3) is 0 Å². The van der Waals surface area contributed by atoms with Gasteiger partial charge in [0.1, 0.15) is 11.5 Å². The first-order chi connectivity index (χ1) is 8.24. The van der Waals surface area contributed by atoms with Crippen molar-refractivity contribution in [1.29, 1.82) is 0 Å². The van der Waals surface area contributed by atoms with Crippen LogP contribution in [0.3, 0.4) is 0 Å². The topological polar surface area (TPSA) is 18.5 Å². The Morgan fingerprint density at radius 1 is 1.29 bits per heavy atom. The van der Waals surface area contributed by atoms with Gasteiger partial charge < -0.3 is 9.47 Å². The molecular formula is C14H19ClO2. The van der Waals surface area contributed by atoms with Gasteiger partial charge in [-0.05, 0) is 30.5 Å². The Kier molecular flexibility index (Phi) is 4.16. The highest BCUT2D eigenvalue weighted by Gasteiger charge is 2.23. The maximum Gasteiger partial charge on any atom is 0.123 e. The number of methoxy groups -OCH3 is 2. The fourth-order valence-corrected chi connectivity index (χ4v) is 2.65. The van der Waals surface area contributed by atoms with Crippen LogP contribution < -0.4 is 9.47 Å². The van der Waals surface area contributed by atoms with E-state index in [-0.39, 0.29) is 5.38 Å². The normalized spacial score (nSPS) is 17.4. The molecule has 1 atom stereocenters. The second kappa shape index (κ2) is 5.63. The predicted molar refractivity (Wildman–Crippen MR) is 70.1 cm³/mol. The van der Waals surface area contributed by atoms with Crippen LogP contribution in [-0.4, -0.2) is 14.2 Å². The van der Waals surface area contributed by atoms with Gasteiger partial charge in [0.2, 0.25) is 0 Å². The highest BCUT2D eigenvalue weighted by Crippen LogP contribution is 2.41. The Labute approximate surface area is 108 Å². The third-order valence-electron chi connectivity index (χ3n) is 3.54. The quantitative estimate of drug-likeness (QED) is 0.734. The van der Waals surface area contributed by atoms with E-state index in [9.17, 15) is 0 Å². The fourth-order valence-electron chi connectivity index (χ4n) is 2.23. The standard InChI is InChI=1S/C14H19ClO2/c1-16-11-6-7-14(17-2)12(9-11)13(15)8-10-4-3-5-10/h6-7,9-10,13H,3-5,8H2,1-2H3. The van der Waals surface area contributed by atoms with Crippen molar-refractivity contribution < 1.29 is 9.47 Å². The molecule has 0 spiro atoms.